The molecule has 0 heterocycles. The monoisotopic (exact) mass is 228 g/mol. The van der Waals surface area contributed by atoms with Crippen LogP contribution in [0.25, 0.3) is 0 Å². The van der Waals surface area contributed by atoms with Crippen molar-refractivity contribution in [3.8, 4) is 0 Å². The minimum atomic E-state index is 0.739. The molecule has 0 aliphatic heterocycles. The normalized spacial score (nSPS) is 25.9. The Balaban J connectivity index is 2.20. The third-order valence-corrected chi connectivity index (χ3v) is 3.52. The summed E-state index contributed by atoms with van der Waals surface area (Å²) in [6.07, 6.45) is 5.52. The maximum absolute atomic E-state index is 5.49. The molecule has 1 aliphatic carbocycles. The summed E-state index contributed by atoms with van der Waals surface area (Å²) in [6.45, 7) is 5.63. The summed E-state index contributed by atoms with van der Waals surface area (Å²) in [7, 11) is 0. The van der Waals surface area contributed by atoms with E-state index in [1.54, 1.807) is 0 Å². The van der Waals surface area contributed by atoms with Gasteiger partial charge in [0.05, 0.1) is 0 Å². The summed E-state index contributed by atoms with van der Waals surface area (Å²) in [5.41, 5.74) is 11.0. The Hall–Kier alpha value is -0.160. The summed E-state index contributed by atoms with van der Waals surface area (Å²) < 4.78 is 0. The minimum Gasteiger partial charge on any atom is -0.329 e. The van der Waals surface area contributed by atoms with E-state index in [9.17, 15) is 0 Å². The van der Waals surface area contributed by atoms with Crippen LogP contribution in [-0.4, -0.2) is 39.3 Å². The van der Waals surface area contributed by atoms with Gasteiger partial charge in [0.2, 0.25) is 0 Å². The van der Waals surface area contributed by atoms with E-state index in [0.29, 0.717) is 0 Å². The van der Waals surface area contributed by atoms with Crippen LogP contribution in [0.1, 0.15) is 25.7 Å². The van der Waals surface area contributed by atoms with E-state index in [0.717, 1.165) is 51.1 Å². The number of rotatable bonds is 8. The zero-order chi connectivity index (χ0) is 11.6. The van der Waals surface area contributed by atoms with Crippen molar-refractivity contribution in [2.45, 2.75) is 25.7 Å². The topological polar surface area (TPSA) is 76.1 Å². The molecule has 0 radical (unpaired) electrons. The molecule has 0 aromatic heterocycles. The van der Waals surface area contributed by atoms with E-state index in [1.807, 2.05) is 0 Å². The predicted octanol–water partition coefficient (Wildman–Crippen LogP) is -0.111. The maximum Gasteiger partial charge on any atom is 0.00746 e. The summed E-state index contributed by atoms with van der Waals surface area (Å²) in [5.74, 6) is 1.65. The van der Waals surface area contributed by atoms with Gasteiger partial charge in [0.15, 0.2) is 0 Å². The molecule has 1 aliphatic rings. The first kappa shape index (κ1) is 13.9. The molecule has 0 aromatic carbocycles. The van der Waals surface area contributed by atoms with Crippen LogP contribution in [0.3, 0.4) is 0 Å². The lowest BCUT2D eigenvalue weighted by atomic mass is 9.79. The Morgan fingerprint density at radius 3 is 1.62 bits per heavy atom. The SMILES string of the molecule is NCCNCC1CCCCC1CNCCN. The van der Waals surface area contributed by atoms with Gasteiger partial charge in [-0.05, 0) is 37.8 Å². The molecule has 0 amide bonds. The fraction of sp³-hybridized carbons (Fsp3) is 1.00. The summed E-state index contributed by atoms with van der Waals surface area (Å²) in [6, 6.07) is 0. The Morgan fingerprint density at radius 1 is 0.812 bits per heavy atom. The second-order valence-corrected chi connectivity index (χ2v) is 4.79. The van der Waals surface area contributed by atoms with Gasteiger partial charge in [-0.2, -0.15) is 0 Å². The van der Waals surface area contributed by atoms with Crippen molar-refractivity contribution in [1.29, 1.82) is 0 Å². The lowest BCUT2D eigenvalue weighted by molar-refractivity contribution is 0.225. The van der Waals surface area contributed by atoms with E-state index >= 15 is 0 Å². The third kappa shape index (κ3) is 5.25. The van der Waals surface area contributed by atoms with Crippen LogP contribution < -0.4 is 22.1 Å². The van der Waals surface area contributed by atoms with E-state index in [-0.39, 0.29) is 0 Å². The molecule has 0 spiro atoms. The Kier molecular flexibility index (Phi) is 7.76. The molecule has 96 valence electrons. The third-order valence-electron chi connectivity index (χ3n) is 3.52. The molecule has 16 heavy (non-hydrogen) atoms. The molecule has 6 N–H and O–H groups in total. The van der Waals surface area contributed by atoms with Crippen LogP contribution >= 0.6 is 0 Å². The molecular weight excluding hydrogens is 200 g/mol. The molecule has 4 nitrogen and oxygen atoms in total. The van der Waals surface area contributed by atoms with Gasteiger partial charge >= 0.3 is 0 Å². The Labute approximate surface area is 99.5 Å². The minimum absolute atomic E-state index is 0.739. The van der Waals surface area contributed by atoms with Crippen LogP contribution in [0.4, 0.5) is 0 Å². The van der Waals surface area contributed by atoms with Crippen molar-refractivity contribution in [3.63, 3.8) is 0 Å². The zero-order valence-electron chi connectivity index (χ0n) is 10.4. The van der Waals surface area contributed by atoms with Gasteiger partial charge in [-0.25, -0.2) is 0 Å². The van der Waals surface area contributed by atoms with Gasteiger partial charge < -0.3 is 22.1 Å². The Bertz CT molecular complexity index is 145. The van der Waals surface area contributed by atoms with Crippen LogP contribution in [0.5, 0.6) is 0 Å². The smallest absolute Gasteiger partial charge is 0.00746 e. The number of nitrogens with two attached hydrogens (primary N) is 2. The van der Waals surface area contributed by atoms with Crippen molar-refractivity contribution < 1.29 is 0 Å². The van der Waals surface area contributed by atoms with Crippen molar-refractivity contribution in [2.24, 2.45) is 23.3 Å². The highest BCUT2D eigenvalue weighted by Gasteiger charge is 2.23. The van der Waals surface area contributed by atoms with Crippen molar-refractivity contribution in [3.05, 3.63) is 0 Å². The van der Waals surface area contributed by atoms with Crippen molar-refractivity contribution in [2.75, 3.05) is 39.3 Å². The maximum atomic E-state index is 5.49. The molecule has 0 aromatic rings. The van der Waals surface area contributed by atoms with Crippen LogP contribution in [0.15, 0.2) is 0 Å². The summed E-state index contributed by atoms with van der Waals surface area (Å²) in [4.78, 5) is 0. The van der Waals surface area contributed by atoms with E-state index in [2.05, 4.69) is 10.6 Å². The zero-order valence-corrected chi connectivity index (χ0v) is 10.4. The first-order valence-corrected chi connectivity index (χ1v) is 6.70. The van der Waals surface area contributed by atoms with Crippen molar-refractivity contribution >= 4 is 0 Å². The van der Waals surface area contributed by atoms with Crippen LogP contribution in [0.2, 0.25) is 0 Å². The molecule has 1 saturated carbocycles. The van der Waals surface area contributed by atoms with Gasteiger partial charge in [-0.3, -0.25) is 0 Å². The van der Waals surface area contributed by atoms with Gasteiger partial charge in [0, 0.05) is 26.2 Å². The van der Waals surface area contributed by atoms with E-state index in [4.69, 9.17) is 11.5 Å². The largest absolute Gasteiger partial charge is 0.329 e. The molecule has 1 fully saturated rings. The van der Waals surface area contributed by atoms with Gasteiger partial charge in [0.25, 0.3) is 0 Å². The lowest BCUT2D eigenvalue weighted by Crippen LogP contribution is -2.38. The molecule has 0 bridgehead atoms. The number of nitrogens with one attached hydrogen (secondary N) is 2. The number of hydrogen-bond donors (Lipinski definition) is 4. The standard InChI is InChI=1S/C12H28N4/c13-5-7-15-9-11-3-1-2-4-12(11)10-16-8-6-14/h11-12,15-16H,1-10,13-14H2. The first-order valence-electron chi connectivity index (χ1n) is 6.70. The average Bonchev–Trinajstić information content (AvgIpc) is 2.32. The average molecular weight is 228 g/mol. The van der Waals surface area contributed by atoms with Crippen molar-refractivity contribution in [1.82, 2.24) is 10.6 Å². The van der Waals surface area contributed by atoms with Gasteiger partial charge in [-0.15, -0.1) is 0 Å². The highest BCUT2D eigenvalue weighted by molar-refractivity contribution is 4.78. The van der Waals surface area contributed by atoms with E-state index in [1.165, 1.54) is 25.7 Å². The summed E-state index contributed by atoms with van der Waals surface area (Å²) >= 11 is 0. The predicted molar refractivity (Wildman–Crippen MR) is 69.3 cm³/mol. The first-order chi connectivity index (χ1) is 7.88. The Morgan fingerprint density at radius 2 is 1.25 bits per heavy atom. The second kappa shape index (κ2) is 8.93. The van der Waals surface area contributed by atoms with Crippen LogP contribution in [0, 0.1) is 11.8 Å². The number of hydrogen-bond acceptors (Lipinski definition) is 4. The molecular formula is C12H28N4. The quantitative estimate of drug-likeness (QED) is 0.437. The molecule has 4 heteroatoms. The molecule has 2 atom stereocenters. The lowest BCUT2D eigenvalue weighted by Gasteiger charge is -2.32. The summed E-state index contributed by atoms with van der Waals surface area (Å²) in [5, 5.41) is 6.90. The second-order valence-electron chi connectivity index (χ2n) is 4.79. The highest BCUT2D eigenvalue weighted by atomic mass is 14.9. The fourth-order valence-corrected chi connectivity index (χ4v) is 2.60. The van der Waals surface area contributed by atoms with E-state index < -0.39 is 0 Å². The van der Waals surface area contributed by atoms with Gasteiger partial charge in [-0.1, -0.05) is 12.8 Å². The molecule has 1 rings (SSSR count). The molecule has 0 saturated heterocycles. The van der Waals surface area contributed by atoms with Crippen LogP contribution in [-0.2, 0) is 0 Å². The molecule has 2 unspecified atom stereocenters. The van der Waals surface area contributed by atoms with Gasteiger partial charge in [0.1, 0.15) is 0 Å². The fourth-order valence-electron chi connectivity index (χ4n) is 2.60. The highest BCUT2D eigenvalue weighted by Crippen LogP contribution is 2.28.